The van der Waals surface area contributed by atoms with Gasteiger partial charge in [0, 0.05) is 32.8 Å². The van der Waals surface area contributed by atoms with Crippen molar-refractivity contribution < 1.29 is 8.83 Å². The van der Waals surface area contributed by atoms with E-state index in [1.54, 1.807) is 0 Å². The highest BCUT2D eigenvalue weighted by atomic mass is 16.4. The number of hydrogen-bond donors (Lipinski definition) is 0. The Morgan fingerprint density at radius 1 is 0.489 bits per heavy atom. The molecule has 0 aliphatic rings. The standard InChI is InChI=1S/C40H23N3O2/c1-2-11-24(12-3-1)27-16-9-18-29-30-19-10-17-28(39(30)45-38(27)29)25-13-8-14-26(23-25)35-37-36(31-15-4-5-20-32(31)41-35)42-40-43(37)33-21-6-7-22-34(33)44-40/h1-23H. The molecule has 0 unspecified atom stereocenters. The molecule has 0 radical (unpaired) electrons. The van der Waals surface area contributed by atoms with Crippen LogP contribution in [-0.4, -0.2) is 14.4 Å². The van der Waals surface area contributed by atoms with E-state index < -0.39 is 0 Å². The molecule has 0 saturated carbocycles. The Morgan fingerprint density at radius 2 is 1.13 bits per heavy atom. The zero-order valence-electron chi connectivity index (χ0n) is 23.9. The molecule has 0 spiro atoms. The fourth-order valence-corrected chi connectivity index (χ4v) is 6.80. The maximum Gasteiger partial charge on any atom is 0.307 e. The summed E-state index contributed by atoms with van der Waals surface area (Å²) in [7, 11) is 0. The summed E-state index contributed by atoms with van der Waals surface area (Å²) in [6.07, 6.45) is 0. The van der Waals surface area contributed by atoms with Gasteiger partial charge < -0.3 is 8.83 Å². The van der Waals surface area contributed by atoms with Gasteiger partial charge >= 0.3 is 5.84 Å². The minimum atomic E-state index is 0.558. The van der Waals surface area contributed by atoms with Crippen LogP contribution in [0.3, 0.4) is 0 Å². The van der Waals surface area contributed by atoms with E-state index in [0.29, 0.717) is 5.84 Å². The summed E-state index contributed by atoms with van der Waals surface area (Å²) < 4.78 is 15.0. The molecule has 10 aromatic rings. The van der Waals surface area contributed by atoms with Crippen LogP contribution in [0.4, 0.5) is 0 Å². The Kier molecular flexibility index (Phi) is 4.93. The van der Waals surface area contributed by atoms with E-state index in [1.165, 1.54) is 0 Å². The Hall–Kier alpha value is -6.20. The molecule has 0 aliphatic carbocycles. The van der Waals surface area contributed by atoms with Crippen LogP contribution in [0.2, 0.25) is 0 Å². The van der Waals surface area contributed by atoms with Crippen molar-refractivity contribution in [3.8, 4) is 33.5 Å². The number of imidazole rings is 1. The zero-order chi connectivity index (χ0) is 29.5. The second-order valence-corrected chi connectivity index (χ2v) is 11.4. The number of para-hydroxylation sites is 5. The summed E-state index contributed by atoms with van der Waals surface area (Å²) in [5.41, 5.74) is 12.4. The predicted molar refractivity (Wildman–Crippen MR) is 181 cm³/mol. The molecule has 6 aromatic carbocycles. The van der Waals surface area contributed by atoms with E-state index in [4.69, 9.17) is 18.8 Å². The first-order valence-corrected chi connectivity index (χ1v) is 15.0. The third-order valence-electron chi connectivity index (χ3n) is 8.83. The molecule has 4 heterocycles. The molecule has 0 fully saturated rings. The summed E-state index contributed by atoms with van der Waals surface area (Å²) in [5.74, 6) is 0.558. The minimum absolute atomic E-state index is 0.558. The normalized spacial score (nSPS) is 12.0. The summed E-state index contributed by atoms with van der Waals surface area (Å²) >= 11 is 0. The average molecular weight is 578 g/mol. The van der Waals surface area contributed by atoms with Crippen LogP contribution in [0.1, 0.15) is 0 Å². The SMILES string of the molecule is c1ccc(-c2cccc3c2oc2c(-c4cccc(-c5nc6ccccc6c6nc7oc8ccccc8n7c56)c4)cccc23)cc1. The lowest BCUT2D eigenvalue weighted by Crippen LogP contribution is -1.92. The summed E-state index contributed by atoms with van der Waals surface area (Å²) in [6, 6.07) is 47.9. The molecule has 0 saturated heterocycles. The highest BCUT2D eigenvalue weighted by molar-refractivity contribution is 6.14. The van der Waals surface area contributed by atoms with E-state index in [1.807, 2.05) is 42.5 Å². The fourth-order valence-electron chi connectivity index (χ4n) is 6.80. The Balaban J connectivity index is 1.23. The number of benzene rings is 6. The molecule has 210 valence electrons. The molecular weight excluding hydrogens is 554 g/mol. The smallest absolute Gasteiger partial charge is 0.307 e. The van der Waals surface area contributed by atoms with Crippen LogP contribution in [0.25, 0.3) is 94.3 Å². The number of pyridine rings is 1. The number of oxazole rings is 1. The molecule has 0 N–H and O–H groups in total. The third kappa shape index (κ3) is 3.49. The maximum absolute atomic E-state index is 6.74. The van der Waals surface area contributed by atoms with Crippen molar-refractivity contribution in [3.05, 3.63) is 140 Å². The third-order valence-corrected chi connectivity index (χ3v) is 8.83. The van der Waals surface area contributed by atoms with Gasteiger partial charge in [-0.2, -0.15) is 4.98 Å². The van der Waals surface area contributed by atoms with E-state index >= 15 is 0 Å². The monoisotopic (exact) mass is 577 g/mol. The molecule has 5 heteroatoms. The van der Waals surface area contributed by atoms with Crippen molar-refractivity contribution in [2.75, 3.05) is 0 Å². The van der Waals surface area contributed by atoms with Crippen molar-refractivity contribution in [3.63, 3.8) is 0 Å². The zero-order valence-corrected chi connectivity index (χ0v) is 23.9. The number of rotatable bonds is 3. The Labute approximate surface area is 256 Å². The largest absolute Gasteiger partial charge is 0.455 e. The Bertz CT molecular complexity index is 2760. The van der Waals surface area contributed by atoms with E-state index in [9.17, 15) is 0 Å². The van der Waals surface area contributed by atoms with Gasteiger partial charge in [-0.25, -0.2) is 4.98 Å². The lowest BCUT2D eigenvalue weighted by atomic mass is 9.98. The van der Waals surface area contributed by atoms with E-state index in [-0.39, 0.29) is 0 Å². The first kappa shape index (κ1) is 24.3. The lowest BCUT2D eigenvalue weighted by molar-refractivity contribution is 0.643. The molecule has 0 aliphatic heterocycles. The van der Waals surface area contributed by atoms with Gasteiger partial charge in [0.25, 0.3) is 0 Å². The van der Waals surface area contributed by atoms with Crippen LogP contribution in [0, 0.1) is 0 Å². The van der Waals surface area contributed by atoms with Gasteiger partial charge in [-0.15, -0.1) is 0 Å². The predicted octanol–water partition coefficient (Wildman–Crippen LogP) is 10.7. The van der Waals surface area contributed by atoms with Crippen LogP contribution in [0.15, 0.2) is 148 Å². The quantitative estimate of drug-likeness (QED) is 0.210. The molecule has 0 amide bonds. The van der Waals surface area contributed by atoms with Crippen LogP contribution in [-0.2, 0) is 0 Å². The highest BCUT2D eigenvalue weighted by Gasteiger charge is 2.21. The van der Waals surface area contributed by atoms with E-state index in [2.05, 4.69) is 101 Å². The molecule has 5 nitrogen and oxygen atoms in total. The van der Waals surface area contributed by atoms with Crippen molar-refractivity contribution in [2.24, 2.45) is 0 Å². The number of hydrogen-bond acceptors (Lipinski definition) is 4. The van der Waals surface area contributed by atoms with Gasteiger partial charge in [0.2, 0.25) is 0 Å². The van der Waals surface area contributed by atoms with Crippen molar-refractivity contribution in [2.45, 2.75) is 0 Å². The highest BCUT2D eigenvalue weighted by Crippen LogP contribution is 2.41. The van der Waals surface area contributed by atoms with Gasteiger partial charge in [0.1, 0.15) is 22.2 Å². The number of nitrogens with zero attached hydrogens (tertiary/aromatic N) is 3. The second-order valence-electron chi connectivity index (χ2n) is 11.4. The van der Waals surface area contributed by atoms with Crippen molar-refractivity contribution in [1.29, 1.82) is 0 Å². The average Bonchev–Trinajstić information content (AvgIpc) is 3.78. The summed E-state index contributed by atoms with van der Waals surface area (Å²) in [4.78, 5) is 10.2. The first-order chi connectivity index (χ1) is 22.3. The Morgan fingerprint density at radius 3 is 1.98 bits per heavy atom. The van der Waals surface area contributed by atoms with Gasteiger partial charge in [0.15, 0.2) is 5.58 Å². The van der Waals surface area contributed by atoms with Crippen molar-refractivity contribution in [1.82, 2.24) is 14.4 Å². The molecule has 10 rings (SSSR count). The summed E-state index contributed by atoms with van der Waals surface area (Å²) in [6.45, 7) is 0. The number of aromatic nitrogens is 3. The molecule has 4 aromatic heterocycles. The lowest BCUT2D eigenvalue weighted by Gasteiger charge is -2.09. The minimum Gasteiger partial charge on any atom is -0.455 e. The van der Waals surface area contributed by atoms with Gasteiger partial charge in [-0.05, 0) is 35.4 Å². The van der Waals surface area contributed by atoms with Gasteiger partial charge in [0.05, 0.1) is 16.7 Å². The van der Waals surface area contributed by atoms with Crippen LogP contribution < -0.4 is 0 Å². The van der Waals surface area contributed by atoms with E-state index in [0.717, 1.165) is 88.5 Å². The fraction of sp³-hybridized carbons (Fsp3) is 0. The topological polar surface area (TPSA) is 56.5 Å². The molecular formula is C40H23N3O2. The summed E-state index contributed by atoms with van der Waals surface area (Å²) in [5, 5.41) is 3.20. The molecule has 0 atom stereocenters. The molecule has 45 heavy (non-hydrogen) atoms. The number of furan rings is 1. The van der Waals surface area contributed by atoms with Gasteiger partial charge in [-0.3, -0.25) is 4.40 Å². The first-order valence-electron chi connectivity index (χ1n) is 15.0. The maximum atomic E-state index is 6.74. The van der Waals surface area contributed by atoms with Crippen LogP contribution >= 0.6 is 0 Å². The van der Waals surface area contributed by atoms with Crippen molar-refractivity contribution >= 4 is 60.8 Å². The second kappa shape index (κ2) is 9.15. The van der Waals surface area contributed by atoms with Crippen LogP contribution in [0.5, 0.6) is 0 Å². The van der Waals surface area contributed by atoms with Gasteiger partial charge in [-0.1, -0.05) is 115 Å². The molecule has 0 bridgehead atoms. The number of fused-ring (bicyclic) bond motifs is 10.